The van der Waals surface area contributed by atoms with Crippen molar-refractivity contribution in [2.24, 2.45) is 0 Å². The first-order valence-corrected chi connectivity index (χ1v) is 10.7. The van der Waals surface area contributed by atoms with E-state index in [1.54, 1.807) is 51.4 Å². The summed E-state index contributed by atoms with van der Waals surface area (Å²) in [6, 6.07) is 11.2. The van der Waals surface area contributed by atoms with Crippen LogP contribution in [0.25, 0.3) is 23.5 Å². The number of nitrogens with zero attached hydrogens (tertiary/aromatic N) is 4. The Morgan fingerprint density at radius 1 is 0.829 bits per heavy atom. The van der Waals surface area contributed by atoms with E-state index in [1.165, 1.54) is 12.2 Å². The second kappa shape index (κ2) is 10.8. The Hall–Kier alpha value is -4.85. The lowest BCUT2D eigenvalue weighted by atomic mass is 10.1. The Labute approximate surface area is 202 Å². The number of benzene rings is 2. The van der Waals surface area contributed by atoms with Crippen LogP contribution in [0.2, 0.25) is 0 Å². The van der Waals surface area contributed by atoms with Crippen LogP contribution < -0.4 is 9.47 Å². The summed E-state index contributed by atoms with van der Waals surface area (Å²) in [5, 5.41) is 10.2. The van der Waals surface area contributed by atoms with Crippen LogP contribution >= 0.6 is 0 Å². The standard InChI is InChI=1S/C27H24N4O4/c1-34-26-15-20(5-9-24(26)30-13-11-28-18-30)3-7-22(32)17-23(33)8-4-21-6-10-25(27(16-21)35-2)31-14-12-29-19-31/h3-19,32H,1-2H3/b7-3+,8-4+,22-17-. The molecule has 4 aromatic rings. The molecule has 8 nitrogen and oxygen atoms in total. The SMILES string of the molecule is COc1cc(/C=C/C(=O)/C=C(O)/C=C/c2ccc(-n3ccnc3)c(OC)c2)ccc1-n1ccnc1. The molecule has 1 N–H and O–H groups in total. The van der Waals surface area contributed by atoms with Crippen LogP contribution in [0.3, 0.4) is 0 Å². The van der Waals surface area contributed by atoms with Crippen molar-refractivity contribution in [3.05, 3.63) is 109 Å². The van der Waals surface area contributed by atoms with Crippen LogP contribution in [0.4, 0.5) is 0 Å². The number of aliphatic hydroxyl groups is 1. The Balaban J connectivity index is 1.43. The lowest BCUT2D eigenvalue weighted by Gasteiger charge is -2.09. The number of ketones is 1. The highest BCUT2D eigenvalue weighted by atomic mass is 16.5. The summed E-state index contributed by atoms with van der Waals surface area (Å²) in [6.45, 7) is 0. The van der Waals surface area contributed by atoms with Crippen molar-refractivity contribution < 1.29 is 19.4 Å². The van der Waals surface area contributed by atoms with Crippen LogP contribution in [0.1, 0.15) is 11.1 Å². The number of methoxy groups -OCH3 is 2. The van der Waals surface area contributed by atoms with Crippen LogP contribution in [0.15, 0.2) is 97.8 Å². The molecule has 176 valence electrons. The average molecular weight is 469 g/mol. The lowest BCUT2D eigenvalue weighted by molar-refractivity contribution is -0.110. The normalized spacial score (nSPS) is 11.9. The third-order valence-electron chi connectivity index (χ3n) is 5.15. The molecule has 0 aliphatic carbocycles. The molecule has 0 amide bonds. The number of carbonyl (C=O) groups excluding carboxylic acids is 1. The molecule has 0 fully saturated rings. The number of carbonyl (C=O) groups is 1. The van der Waals surface area contributed by atoms with E-state index in [0.29, 0.717) is 11.5 Å². The number of imidazole rings is 2. The number of ether oxygens (including phenoxy) is 2. The number of allylic oxidation sites excluding steroid dienone is 3. The highest BCUT2D eigenvalue weighted by Crippen LogP contribution is 2.26. The van der Waals surface area contributed by atoms with E-state index >= 15 is 0 Å². The van der Waals surface area contributed by atoms with Gasteiger partial charge in [-0.15, -0.1) is 0 Å². The minimum absolute atomic E-state index is 0.162. The monoisotopic (exact) mass is 468 g/mol. The second-order valence-electron chi connectivity index (χ2n) is 7.44. The minimum atomic E-state index is -0.349. The van der Waals surface area contributed by atoms with E-state index in [4.69, 9.17) is 9.47 Å². The molecule has 0 spiro atoms. The third-order valence-corrected chi connectivity index (χ3v) is 5.15. The largest absolute Gasteiger partial charge is 0.508 e. The fraction of sp³-hybridized carbons (Fsp3) is 0.0741. The molecule has 0 unspecified atom stereocenters. The lowest BCUT2D eigenvalue weighted by Crippen LogP contribution is -1.96. The molecule has 8 heteroatoms. The molecule has 0 aliphatic heterocycles. The van der Waals surface area contributed by atoms with E-state index in [9.17, 15) is 9.90 Å². The van der Waals surface area contributed by atoms with Crippen molar-refractivity contribution in [2.45, 2.75) is 0 Å². The maximum atomic E-state index is 12.3. The number of aliphatic hydroxyl groups excluding tert-OH is 1. The van der Waals surface area contributed by atoms with Crippen LogP contribution in [-0.2, 0) is 4.79 Å². The maximum Gasteiger partial charge on any atom is 0.182 e. The predicted octanol–water partition coefficient (Wildman–Crippen LogP) is 4.81. The van der Waals surface area contributed by atoms with Crippen molar-refractivity contribution in [2.75, 3.05) is 14.2 Å². The van der Waals surface area contributed by atoms with Gasteiger partial charge in [0.2, 0.25) is 0 Å². The fourth-order valence-corrected chi connectivity index (χ4v) is 3.43. The van der Waals surface area contributed by atoms with E-state index in [1.807, 2.05) is 57.9 Å². The van der Waals surface area contributed by atoms with E-state index in [0.717, 1.165) is 28.6 Å². The van der Waals surface area contributed by atoms with Crippen LogP contribution in [-0.4, -0.2) is 44.2 Å². The first-order valence-electron chi connectivity index (χ1n) is 10.7. The summed E-state index contributed by atoms with van der Waals surface area (Å²) in [4.78, 5) is 20.4. The predicted molar refractivity (Wildman–Crippen MR) is 134 cm³/mol. The first kappa shape index (κ1) is 23.3. The molecule has 0 radical (unpaired) electrons. The van der Waals surface area contributed by atoms with Crippen LogP contribution in [0, 0.1) is 0 Å². The van der Waals surface area contributed by atoms with E-state index in [2.05, 4.69) is 9.97 Å². The van der Waals surface area contributed by atoms with E-state index in [-0.39, 0.29) is 11.5 Å². The van der Waals surface area contributed by atoms with Gasteiger partial charge in [-0.05, 0) is 47.5 Å². The molecule has 0 saturated carbocycles. The molecular weight excluding hydrogens is 444 g/mol. The van der Waals surface area contributed by atoms with Crippen molar-refractivity contribution >= 4 is 17.9 Å². The van der Waals surface area contributed by atoms with Crippen molar-refractivity contribution in [3.8, 4) is 22.9 Å². The molecule has 0 bridgehead atoms. The second-order valence-corrected chi connectivity index (χ2v) is 7.44. The molecular formula is C27H24N4O4. The van der Waals surface area contributed by atoms with E-state index < -0.39 is 0 Å². The molecule has 35 heavy (non-hydrogen) atoms. The molecule has 2 aromatic heterocycles. The topological polar surface area (TPSA) is 91.4 Å². The summed E-state index contributed by atoms with van der Waals surface area (Å²) in [6.07, 6.45) is 17.8. The molecule has 2 aromatic carbocycles. The van der Waals surface area contributed by atoms with Crippen molar-refractivity contribution in [3.63, 3.8) is 0 Å². The Kier molecular flexibility index (Phi) is 7.22. The summed E-state index contributed by atoms with van der Waals surface area (Å²) >= 11 is 0. The summed E-state index contributed by atoms with van der Waals surface area (Å²) in [5.41, 5.74) is 3.27. The highest BCUT2D eigenvalue weighted by Gasteiger charge is 2.07. The van der Waals surface area contributed by atoms with Crippen molar-refractivity contribution in [1.29, 1.82) is 0 Å². The minimum Gasteiger partial charge on any atom is -0.508 e. The number of aromatic nitrogens is 4. The summed E-state index contributed by atoms with van der Waals surface area (Å²) < 4.78 is 14.6. The quantitative estimate of drug-likeness (QED) is 0.215. The van der Waals surface area contributed by atoms with Crippen LogP contribution in [0.5, 0.6) is 11.5 Å². The smallest absolute Gasteiger partial charge is 0.182 e. The first-order chi connectivity index (χ1) is 17.1. The summed E-state index contributed by atoms with van der Waals surface area (Å²) in [7, 11) is 3.18. The zero-order chi connectivity index (χ0) is 24.6. The molecule has 0 aliphatic rings. The number of rotatable bonds is 9. The van der Waals surface area contributed by atoms with Gasteiger partial charge in [0.05, 0.1) is 38.2 Å². The van der Waals surface area contributed by atoms with Gasteiger partial charge in [0.1, 0.15) is 17.3 Å². The van der Waals surface area contributed by atoms with Gasteiger partial charge in [-0.2, -0.15) is 0 Å². The molecule has 0 atom stereocenters. The zero-order valence-electron chi connectivity index (χ0n) is 19.3. The Morgan fingerprint density at radius 2 is 1.34 bits per heavy atom. The van der Waals surface area contributed by atoms with Crippen molar-refractivity contribution in [1.82, 2.24) is 19.1 Å². The van der Waals surface area contributed by atoms with Gasteiger partial charge in [-0.3, -0.25) is 4.79 Å². The number of hydrogen-bond acceptors (Lipinski definition) is 6. The molecule has 2 heterocycles. The Bertz CT molecular complexity index is 1380. The van der Waals surface area contributed by atoms with Gasteiger partial charge in [-0.1, -0.05) is 24.3 Å². The van der Waals surface area contributed by atoms with Gasteiger partial charge < -0.3 is 23.7 Å². The molecule has 0 saturated heterocycles. The number of hydrogen-bond donors (Lipinski definition) is 1. The summed E-state index contributed by atoms with van der Waals surface area (Å²) in [5.74, 6) is 0.790. The average Bonchev–Trinajstić information content (AvgIpc) is 3.61. The zero-order valence-corrected chi connectivity index (χ0v) is 19.3. The van der Waals surface area contributed by atoms with Gasteiger partial charge in [0.25, 0.3) is 0 Å². The molecule has 4 rings (SSSR count). The van der Waals surface area contributed by atoms with Gasteiger partial charge in [-0.25, -0.2) is 9.97 Å². The fourth-order valence-electron chi connectivity index (χ4n) is 3.43. The Morgan fingerprint density at radius 3 is 1.80 bits per heavy atom. The maximum absolute atomic E-state index is 12.3. The van der Waals surface area contributed by atoms with Gasteiger partial charge >= 0.3 is 0 Å². The third kappa shape index (κ3) is 5.75. The van der Waals surface area contributed by atoms with Gasteiger partial charge in [0, 0.05) is 30.9 Å². The highest BCUT2D eigenvalue weighted by molar-refractivity contribution is 6.02. The van der Waals surface area contributed by atoms with Gasteiger partial charge in [0.15, 0.2) is 5.78 Å².